The minimum absolute atomic E-state index is 0.412. The number of fused-ring (bicyclic) bond motifs is 1. The maximum atomic E-state index is 9.74. The smallest absolute Gasteiger partial charge is 0.158 e. The minimum atomic E-state index is 0.412. The second-order valence-electron chi connectivity index (χ2n) is 8.73. The van der Waals surface area contributed by atoms with Gasteiger partial charge in [0.1, 0.15) is 50.3 Å². The summed E-state index contributed by atoms with van der Waals surface area (Å²) in [5.74, 6) is 2.27. The molecule has 0 atom stereocenters. The SMILES string of the molecule is COc1cc(Nc2c(C#N)cnc3cc(-c4ccc(C[NH+]5CC[NH+](C)CC5)o4)sc23)c(Cl)cc1Cl. The number of ether oxygens (including phenoxy) is 1. The van der Waals surface area contributed by atoms with Crippen molar-refractivity contribution in [3.63, 3.8) is 0 Å². The number of anilines is 2. The predicted octanol–water partition coefficient (Wildman–Crippen LogP) is 3.40. The Bertz CT molecular complexity index is 1420. The van der Waals surface area contributed by atoms with Crippen LogP contribution in [0.4, 0.5) is 11.4 Å². The van der Waals surface area contributed by atoms with Crippen molar-refractivity contribution in [2.45, 2.75) is 6.54 Å². The van der Waals surface area contributed by atoms with Crippen LogP contribution in [-0.4, -0.2) is 45.3 Å². The molecule has 35 heavy (non-hydrogen) atoms. The first kappa shape index (κ1) is 23.9. The van der Waals surface area contributed by atoms with Crippen molar-refractivity contribution in [2.24, 2.45) is 0 Å². The summed E-state index contributed by atoms with van der Waals surface area (Å²) in [6, 6.07) is 11.6. The third kappa shape index (κ3) is 4.96. The van der Waals surface area contributed by atoms with Crippen LogP contribution in [0.2, 0.25) is 10.0 Å². The van der Waals surface area contributed by atoms with E-state index in [9.17, 15) is 5.26 Å². The van der Waals surface area contributed by atoms with Gasteiger partial charge >= 0.3 is 0 Å². The first-order valence-electron chi connectivity index (χ1n) is 11.3. The van der Waals surface area contributed by atoms with Gasteiger partial charge in [0.05, 0.1) is 56.2 Å². The van der Waals surface area contributed by atoms with Crippen LogP contribution in [0.5, 0.6) is 5.75 Å². The Morgan fingerprint density at radius 1 is 1.17 bits per heavy atom. The number of nitriles is 1. The predicted molar refractivity (Wildman–Crippen MR) is 139 cm³/mol. The zero-order valence-corrected chi connectivity index (χ0v) is 21.7. The summed E-state index contributed by atoms with van der Waals surface area (Å²) in [6.07, 6.45) is 1.56. The number of methoxy groups -OCH3 is 1. The van der Waals surface area contributed by atoms with Gasteiger partial charge in [-0.15, -0.1) is 11.3 Å². The highest BCUT2D eigenvalue weighted by Gasteiger charge is 2.22. The molecule has 7 nitrogen and oxygen atoms in total. The lowest BCUT2D eigenvalue weighted by molar-refractivity contribution is -1.01. The third-order valence-electron chi connectivity index (χ3n) is 6.30. The number of thiophene rings is 1. The van der Waals surface area contributed by atoms with Gasteiger partial charge in [-0.1, -0.05) is 23.2 Å². The summed E-state index contributed by atoms with van der Waals surface area (Å²) in [6.45, 7) is 5.56. The Kier molecular flexibility index (Phi) is 6.87. The Labute approximate surface area is 217 Å². The molecule has 1 aliphatic rings. The second-order valence-corrected chi connectivity index (χ2v) is 10.6. The fraction of sp³-hybridized carbons (Fsp3) is 0.280. The molecule has 0 saturated carbocycles. The van der Waals surface area contributed by atoms with E-state index in [0.717, 1.165) is 46.2 Å². The van der Waals surface area contributed by atoms with E-state index in [0.29, 0.717) is 32.7 Å². The molecule has 10 heteroatoms. The molecule has 1 saturated heterocycles. The fourth-order valence-corrected chi connectivity index (χ4v) is 5.87. The summed E-state index contributed by atoms with van der Waals surface area (Å²) in [5, 5.41) is 13.9. The van der Waals surface area contributed by atoms with Crippen LogP contribution in [0, 0.1) is 11.3 Å². The fourth-order valence-electron chi connectivity index (χ4n) is 4.28. The molecule has 1 fully saturated rings. The maximum absolute atomic E-state index is 9.74. The molecule has 0 radical (unpaired) electrons. The number of benzene rings is 1. The monoisotopic (exact) mass is 529 g/mol. The Hall–Kier alpha value is -2.80. The van der Waals surface area contributed by atoms with Crippen molar-refractivity contribution < 1.29 is 19.0 Å². The van der Waals surface area contributed by atoms with Crippen molar-refractivity contribution in [2.75, 3.05) is 45.7 Å². The molecule has 0 unspecified atom stereocenters. The van der Waals surface area contributed by atoms with Crippen LogP contribution in [0.3, 0.4) is 0 Å². The highest BCUT2D eigenvalue weighted by molar-refractivity contribution is 7.22. The van der Waals surface area contributed by atoms with Gasteiger partial charge in [0.15, 0.2) is 5.76 Å². The van der Waals surface area contributed by atoms with Gasteiger partial charge in [0.25, 0.3) is 0 Å². The van der Waals surface area contributed by atoms with Crippen molar-refractivity contribution in [3.8, 4) is 22.5 Å². The van der Waals surface area contributed by atoms with Gasteiger partial charge in [-0.2, -0.15) is 5.26 Å². The van der Waals surface area contributed by atoms with E-state index in [1.54, 1.807) is 35.2 Å². The zero-order chi connectivity index (χ0) is 24.5. The van der Waals surface area contributed by atoms with Gasteiger partial charge in [0, 0.05) is 12.3 Å². The average molecular weight is 530 g/mol. The van der Waals surface area contributed by atoms with E-state index in [4.69, 9.17) is 32.4 Å². The summed E-state index contributed by atoms with van der Waals surface area (Å²) in [4.78, 5) is 8.59. The summed E-state index contributed by atoms with van der Waals surface area (Å²) in [7, 11) is 3.79. The molecule has 0 bridgehead atoms. The molecule has 0 spiro atoms. The second kappa shape index (κ2) is 10.1. The number of nitrogens with one attached hydrogen (secondary N) is 3. The summed E-state index contributed by atoms with van der Waals surface area (Å²) < 4.78 is 12.4. The van der Waals surface area contributed by atoms with E-state index < -0.39 is 0 Å². The van der Waals surface area contributed by atoms with Crippen LogP contribution in [0.15, 0.2) is 40.9 Å². The largest absolute Gasteiger partial charge is 0.495 e. The number of rotatable bonds is 6. The van der Waals surface area contributed by atoms with Crippen molar-refractivity contribution in [1.29, 1.82) is 5.26 Å². The number of pyridine rings is 1. The van der Waals surface area contributed by atoms with Crippen LogP contribution >= 0.6 is 34.5 Å². The topological polar surface area (TPSA) is 80.0 Å². The molecular formula is C25H25Cl2N5O2S+2. The number of hydrogen-bond acceptors (Lipinski definition) is 6. The Balaban J connectivity index is 1.46. The van der Waals surface area contributed by atoms with E-state index in [1.165, 1.54) is 24.4 Å². The molecule has 180 valence electrons. The number of hydrogen-bond donors (Lipinski definition) is 3. The van der Waals surface area contributed by atoms with Gasteiger partial charge < -0.3 is 24.3 Å². The standard InChI is InChI=1S/C25H23Cl2N5O2S/c1-31-5-7-32(8-6-31)14-16-3-4-21(34-16)23-11-20-25(35-23)24(15(12-28)13-29-20)30-19-10-22(33-2)18(27)9-17(19)26/h3-4,9-11,13H,5-8,14H2,1-2H3,(H,29,30)/p+2. The summed E-state index contributed by atoms with van der Waals surface area (Å²) >= 11 is 14.1. The molecule has 3 aromatic heterocycles. The quantitative estimate of drug-likeness (QED) is 0.356. The van der Waals surface area contributed by atoms with Gasteiger partial charge in [-0.05, 0) is 24.3 Å². The Morgan fingerprint density at radius 3 is 2.71 bits per heavy atom. The molecular weight excluding hydrogens is 505 g/mol. The zero-order valence-electron chi connectivity index (χ0n) is 19.4. The molecule has 4 aromatic rings. The van der Waals surface area contributed by atoms with Crippen molar-refractivity contribution in [3.05, 3.63) is 57.9 Å². The highest BCUT2D eigenvalue weighted by atomic mass is 35.5. The van der Waals surface area contributed by atoms with Crippen molar-refractivity contribution >= 4 is 56.1 Å². The summed E-state index contributed by atoms with van der Waals surface area (Å²) in [5.41, 5.74) is 2.41. The highest BCUT2D eigenvalue weighted by Crippen LogP contribution is 2.42. The van der Waals surface area contributed by atoms with Crippen LogP contribution in [0.25, 0.3) is 20.9 Å². The van der Waals surface area contributed by atoms with E-state index >= 15 is 0 Å². The normalized spacial score (nSPS) is 17.9. The van der Waals surface area contributed by atoms with Gasteiger partial charge in [0.2, 0.25) is 0 Å². The third-order valence-corrected chi connectivity index (χ3v) is 8.07. The van der Waals surface area contributed by atoms with E-state index in [2.05, 4.69) is 29.5 Å². The van der Waals surface area contributed by atoms with Gasteiger partial charge in [-0.25, -0.2) is 0 Å². The molecule has 0 aliphatic carbocycles. The molecule has 1 aliphatic heterocycles. The number of likely N-dealkylation sites (N-methyl/N-ethyl adjacent to an activating group) is 1. The molecule has 0 amide bonds. The minimum Gasteiger partial charge on any atom is -0.495 e. The lowest BCUT2D eigenvalue weighted by atomic mass is 10.2. The number of furan rings is 1. The van der Waals surface area contributed by atoms with Crippen molar-refractivity contribution in [1.82, 2.24) is 4.98 Å². The van der Waals surface area contributed by atoms with E-state index in [1.807, 2.05) is 12.1 Å². The van der Waals surface area contributed by atoms with Gasteiger partial charge in [-0.3, -0.25) is 4.98 Å². The first-order chi connectivity index (χ1) is 16.9. The number of aromatic nitrogens is 1. The first-order valence-corrected chi connectivity index (χ1v) is 12.9. The maximum Gasteiger partial charge on any atom is 0.158 e. The number of quaternary nitrogens is 2. The van der Waals surface area contributed by atoms with Crippen LogP contribution < -0.4 is 19.9 Å². The van der Waals surface area contributed by atoms with E-state index in [-0.39, 0.29) is 0 Å². The number of nitrogens with zero attached hydrogens (tertiary/aromatic N) is 2. The van der Waals surface area contributed by atoms with Crippen LogP contribution in [0.1, 0.15) is 11.3 Å². The molecule has 4 heterocycles. The van der Waals surface area contributed by atoms with Crippen LogP contribution in [-0.2, 0) is 6.54 Å². The number of halogens is 2. The lowest BCUT2D eigenvalue weighted by Gasteiger charge is -2.26. The molecule has 5 rings (SSSR count). The average Bonchev–Trinajstić information content (AvgIpc) is 3.49. The number of piperazine rings is 1. The molecule has 3 N–H and O–H groups in total. The molecule has 1 aromatic carbocycles. The lowest BCUT2D eigenvalue weighted by Crippen LogP contribution is -3.26. The Morgan fingerprint density at radius 2 is 1.97 bits per heavy atom.